The van der Waals surface area contributed by atoms with Crippen LogP contribution in [0.1, 0.15) is 42.9 Å². The Labute approximate surface area is 142 Å². The number of furan rings is 1. The van der Waals surface area contributed by atoms with E-state index in [-0.39, 0.29) is 12.1 Å². The van der Waals surface area contributed by atoms with Crippen LogP contribution in [0, 0.1) is 6.92 Å². The van der Waals surface area contributed by atoms with Crippen molar-refractivity contribution in [1.82, 2.24) is 15.6 Å². The van der Waals surface area contributed by atoms with Crippen molar-refractivity contribution < 1.29 is 9.21 Å². The summed E-state index contributed by atoms with van der Waals surface area (Å²) in [7, 11) is 0. The van der Waals surface area contributed by atoms with Crippen LogP contribution >= 0.6 is 0 Å². The van der Waals surface area contributed by atoms with Crippen molar-refractivity contribution >= 4 is 11.8 Å². The summed E-state index contributed by atoms with van der Waals surface area (Å²) >= 11 is 0. The van der Waals surface area contributed by atoms with Crippen LogP contribution in [0.4, 0.5) is 10.6 Å². The topological polar surface area (TPSA) is 70.4 Å². The van der Waals surface area contributed by atoms with Crippen molar-refractivity contribution in [2.75, 3.05) is 18.0 Å². The summed E-state index contributed by atoms with van der Waals surface area (Å²) in [6.45, 7) is 6.39. The van der Waals surface area contributed by atoms with E-state index in [9.17, 15) is 4.79 Å². The van der Waals surface area contributed by atoms with Crippen LogP contribution in [0.3, 0.4) is 0 Å². The minimum absolute atomic E-state index is 0.172. The number of rotatable bonds is 5. The molecule has 0 bridgehead atoms. The lowest BCUT2D eigenvalue weighted by atomic mass is 10.2. The molecule has 24 heavy (non-hydrogen) atoms. The number of anilines is 1. The zero-order valence-corrected chi connectivity index (χ0v) is 14.2. The molecule has 1 aliphatic rings. The fraction of sp³-hybridized carbons (Fsp3) is 0.444. The van der Waals surface area contributed by atoms with Crippen LogP contribution in [0.25, 0.3) is 0 Å². The molecule has 0 radical (unpaired) electrons. The van der Waals surface area contributed by atoms with Crippen LogP contribution in [-0.2, 0) is 6.54 Å². The molecule has 2 aromatic heterocycles. The third-order valence-corrected chi connectivity index (χ3v) is 4.23. The average Bonchev–Trinajstić information content (AvgIpc) is 3.25. The number of aromatic nitrogens is 1. The predicted molar refractivity (Wildman–Crippen MR) is 92.9 cm³/mol. The van der Waals surface area contributed by atoms with Gasteiger partial charge in [-0.3, -0.25) is 0 Å². The summed E-state index contributed by atoms with van der Waals surface area (Å²) in [5.41, 5.74) is 0.981. The SMILES string of the molecule is Cc1ccc([C@@H](C)NC(=O)NCc2ccc(N3CCCC3)nc2)o1. The maximum atomic E-state index is 12.0. The monoisotopic (exact) mass is 328 g/mol. The van der Waals surface area contributed by atoms with Gasteiger partial charge in [-0.1, -0.05) is 6.07 Å². The summed E-state index contributed by atoms with van der Waals surface area (Å²) in [6, 6.07) is 7.41. The van der Waals surface area contributed by atoms with Crippen LogP contribution < -0.4 is 15.5 Å². The molecule has 1 saturated heterocycles. The maximum Gasteiger partial charge on any atom is 0.315 e. The van der Waals surface area contributed by atoms with Gasteiger partial charge in [0.05, 0.1) is 6.04 Å². The number of aryl methyl sites for hydroxylation is 1. The van der Waals surface area contributed by atoms with Crippen LogP contribution in [0.15, 0.2) is 34.9 Å². The number of pyridine rings is 1. The van der Waals surface area contributed by atoms with E-state index < -0.39 is 0 Å². The molecule has 3 rings (SSSR count). The second-order valence-electron chi connectivity index (χ2n) is 6.22. The Balaban J connectivity index is 1.47. The van der Waals surface area contributed by atoms with Gasteiger partial charge in [0.2, 0.25) is 0 Å². The molecule has 2 amide bonds. The fourth-order valence-electron chi connectivity index (χ4n) is 2.84. The van der Waals surface area contributed by atoms with Crippen molar-refractivity contribution in [1.29, 1.82) is 0 Å². The Kier molecular flexibility index (Phi) is 5.03. The Bertz CT molecular complexity index is 675. The lowest BCUT2D eigenvalue weighted by Gasteiger charge is -2.16. The fourth-order valence-corrected chi connectivity index (χ4v) is 2.84. The van der Waals surface area contributed by atoms with Gasteiger partial charge in [0, 0.05) is 25.8 Å². The zero-order valence-electron chi connectivity index (χ0n) is 14.2. The van der Waals surface area contributed by atoms with E-state index in [4.69, 9.17) is 4.42 Å². The molecule has 1 aliphatic heterocycles. The first-order valence-electron chi connectivity index (χ1n) is 8.42. The van der Waals surface area contributed by atoms with Gasteiger partial charge < -0.3 is 20.0 Å². The molecule has 0 saturated carbocycles. The number of nitrogens with one attached hydrogen (secondary N) is 2. The number of nitrogens with zero attached hydrogens (tertiary/aromatic N) is 2. The lowest BCUT2D eigenvalue weighted by Crippen LogP contribution is -2.36. The van der Waals surface area contributed by atoms with Gasteiger partial charge in [-0.15, -0.1) is 0 Å². The van der Waals surface area contributed by atoms with Gasteiger partial charge in [0.25, 0.3) is 0 Å². The molecule has 0 aromatic carbocycles. The quantitative estimate of drug-likeness (QED) is 0.884. The normalized spacial score (nSPS) is 15.3. The van der Waals surface area contributed by atoms with Gasteiger partial charge >= 0.3 is 6.03 Å². The van der Waals surface area contributed by atoms with E-state index in [1.54, 1.807) is 0 Å². The van der Waals surface area contributed by atoms with Crippen molar-refractivity contribution in [2.45, 2.75) is 39.3 Å². The number of carbonyl (C=O) groups excluding carboxylic acids is 1. The molecule has 3 heterocycles. The second-order valence-corrected chi connectivity index (χ2v) is 6.22. The molecule has 1 atom stereocenters. The van der Waals surface area contributed by atoms with E-state index in [1.165, 1.54) is 12.8 Å². The highest BCUT2D eigenvalue weighted by atomic mass is 16.3. The largest absolute Gasteiger partial charge is 0.464 e. The Morgan fingerprint density at radius 3 is 2.71 bits per heavy atom. The molecule has 6 nitrogen and oxygen atoms in total. The van der Waals surface area contributed by atoms with Gasteiger partial charge in [0.1, 0.15) is 17.3 Å². The predicted octanol–water partition coefficient (Wildman–Crippen LogP) is 3.14. The number of carbonyl (C=O) groups is 1. The smallest absolute Gasteiger partial charge is 0.315 e. The summed E-state index contributed by atoms with van der Waals surface area (Å²) in [5.74, 6) is 2.60. The summed E-state index contributed by atoms with van der Waals surface area (Å²) in [5, 5.41) is 5.71. The van der Waals surface area contributed by atoms with Gasteiger partial charge in [-0.2, -0.15) is 0 Å². The van der Waals surface area contributed by atoms with E-state index in [2.05, 4.69) is 20.5 Å². The van der Waals surface area contributed by atoms with Gasteiger partial charge in [-0.05, 0) is 50.5 Å². The average molecular weight is 328 g/mol. The minimum Gasteiger partial charge on any atom is -0.464 e. The van der Waals surface area contributed by atoms with E-state index in [0.29, 0.717) is 6.54 Å². The Hall–Kier alpha value is -2.50. The van der Waals surface area contributed by atoms with E-state index >= 15 is 0 Å². The molecule has 6 heteroatoms. The van der Waals surface area contributed by atoms with Crippen LogP contribution in [0.2, 0.25) is 0 Å². The molecule has 2 aromatic rings. The minimum atomic E-state index is -0.222. The standard InChI is InChI=1S/C18H24N4O2/c1-13-5-7-16(24-13)14(2)21-18(23)20-12-15-6-8-17(19-11-15)22-9-3-4-10-22/h5-8,11,14H,3-4,9-10,12H2,1-2H3,(H2,20,21,23)/t14-/m1/s1. The third kappa shape index (κ3) is 4.07. The number of amides is 2. The van der Waals surface area contributed by atoms with Crippen LogP contribution in [-0.4, -0.2) is 24.1 Å². The third-order valence-electron chi connectivity index (χ3n) is 4.23. The molecule has 128 valence electrons. The van der Waals surface area contributed by atoms with Gasteiger partial charge in [0.15, 0.2) is 0 Å². The highest BCUT2D eigenvalue weighted by Gasteiger charge is 2.14. The molecule has 1 fully saturated rings. The van der Waals surface area contributed by atoms with Gasteiger partial charge in [-0.25, -0.2) is 9.78 Å². The maximum absolute atomic E-state index is 12.0. The zero-order chi connectivity index (χ0) is 16.9. The highest BCUT2D eigenvalue weighted by molar-refractivity contribution is 5.74. The molecular formula is C18H24N4O2. The molecule has 0 spiro atoms. The number of hydrogen-bond donors (Lipinski definition) is 2. The molecular weight excluding hydrogens is 304 g/mol. The Morgan fingerprint density at radius 2 is 2.08 bits per heavy atom. The number of hydrogen-bond acceptors (Lipinski definition) is 4. The van der Waals surface area contributed by atoms with Crippen molar-refractivity contribution in [3.8, 4) is 0 Å². The van der Waals surface area contributed by atoms with Crippen molar-refractivity contribution in [3.63, 3.8) is 0 Å². The van der Waals surface area contributed by atoms with E-state index in [0.717, 1.165) is 36.0 Å². The second kappa shape index (κ2) is 7.38. The van der Waals surface area contributed by atoms with E-state index in [1.807, 2.05) is 44.3 Å². The summed E-state index contributed by atoms with van der Waals surface area (Å²) in [4.78, 5) is 18.8. The van der Waals surface area contributed by atoms with Crippen molar-refractivity contribution in [3.05, 3.63) is 47.5 Å². The van der Waals surface area contributed by atoms with Crippen LogP contribution in [0.5, 0.6) is 0 Å². The first kappa shape index (κ1) is 16.4. The Morgan fingerprint density at radius 1 is 1.29 bits per heavy atom. The molecule has 0 aliphatic carbocycles. The lowest BCUT2D eigenvalue weighted by molar-refractivity contribution is 0.235. The summed E-state index contributed by atoms with van der Waals surface area (Å²) in [6.07, 6.45) is 4.30. The summed E-state index contributed by atoms with van der Waals surface area (Å²) < 4.78 is 5.51. The molecule has 2 N–H and O–H groups in total. The molecule has 0 unspecified atom stereocenters. The number of urea groups is 1. The van der Waals surface area contributed by atoms with Crippen molar-refractivity contribution in [2.24, 2.45) is 0 Å². The first-order chi connectivity index (χ1) is 11.6. The first-order valence-corrected chi connectivity index (χ1v) is 8.42. The highest BCUT2D eigenvalue weighted by Crippen LogP contribution is 2.18.